The minimum absolute atomic E-state index is 0.0966. The summed E-state index contributed by atoms with van der Waals surface area (Å²) in [7, 11) is 0. The van der Waals surface area contributed by atoms with E-state index in [2.05, 4.69) is 16.0 Å². The lowest BCUT2D eigenvalue weighted by Gasteiger charge is -2.28. The van der Waals surface area contributed by atoms with Crippen LogP contribution in [-0.2, 0) is 24.0 Å². The summed E-state index contributed by atoms with van der Waals surface area (Å²) in [5.41, 5.74) is 5.80. The second-order valence-electron chi connectivity index (χ2n) is 8.69. The normalized spacial score (nSPS) is 16.8. The number of aliphatic carboxylic acids is 2. The first-order valence-corrected chi connectivity index (χ1v) is 10.6. The largest absolute Gasteiger partial charge is 0.481 e. The molecule has 13 nitrogen and oxygen atoms in total. The van der Waals surface area contributed by atoms with Gasteiger partial charge in [-0.1, -0.05) is 27.7 Å². The summed E-state index contributed by atoms with van der Waals surface area (Å²) in [6.07, 6.45) is -3.60. The van der Waals surface area contributed by atoms with Crippen LogP contribution in [0.15, 0.2) is 0 Å². The molecule has 190 valence electrons. The van der Waals surface area contributed by atoms with Crippen LogP contribution in [-0.4, -0.2) is 86.5 Å². The van der Waals surface area contributed by atoms with Crippen LogP contribution in [0.5, 0.6) is 0 Å². The molecule has 0 aromatic carbocycles. The minimum Gasteiger partial charge on any atom is -0.481 e. The Morgan fingerprint density at radius 3 is 1.67 bits per heavy atom. The second-order valence-corrected chi connectivity index (χ2v) is 8.69. The number of hydrogen-bond donors (Lipinski definition) is 8. The number of carboxylic acids is 2. The third kappa shape index (κ3) is 10.6. The van der Waals surface area contributed by atoms with E-state index in [0.717, 1.165) is 0 Å². The number of hydrogen-bond acceptors (Lipinski definition) is 8. The average molecular weight is 477 g/mol. The molecule has 0 aliphatic rings. The van der Waals surface area contributed by atoms with Gasteiger partial charge in [0.1, 0.15) is 24.2 Å². The molecule has 0 saturated carbocycles. The number of aliphatic hydroxyl groups excluding tert-OH is 2. The SMILES string of the molecule is CC(C)CC(N)C(O)C(=O)N[C@H](C(=O)NC(C(=O)NC(CC(=O)O)C(=O)O)C(C)C)[C@@H](C)O. The molecule has 0 aliphatic carbocycles. The zero-order chi connectivity index (χ0) is 26.0. The zero-order valence-electron chi connectivity index (χ0n) is 19.4. The lowest BCUT2D eigenvalue weighted by Crippen LogP contribution is -2.61. The first-order chi connectivity index (χ1) is 15.1. The first-order valence-electron chi connectivity index (χ1n) is 10.6. The molecule has 6 atom stereocenters. The van der Waals surface area contributed by atoms with E-state index < -0.39 is 78.4 Å². The van der Waals surface area contributed by atoms with Gasteiger partial charge in [-0.15, -0.1) is 0 Å². The van der Waals surface area contributed by atoms with Gasteiger partial charge in [0.05, 0.1) is 12.5 Å². The number of nitrogens with one attached hydrogen (secondary N) is 3. The number of carbonyl (C=O) groups excluding carboxylic acids is 3. The van der Waals surface area contributed by atoms with Gasteiger partial charge in [0.15, 0.2) is 0 Å². The number of carboxylic acid groups (broad SMARTS) is 2. The Bertz CT molecular complexity index is 712. The third-order valence-corrected chi connectivity index (χ3v) is 4.72. The molecule has 0 aromatic heterocycles. The van der Waals surface area contributed by atoms with Gasteiger partial charge in [-0.2, -0.15) is 0 Å². The molecule has 33 heavy (non-hydrogen) atoms. The molecule has 13 heteroatoms. The van der Waals surface area contributed by atoms with Gasteiger partial charge < -0.3 is 42.1 Å². The van der Waals surface area contributed by atoms with E-state index in [4.69, 9.17) is 15.9 Å². The van der Waals surface area contributed by atoms with E-state index in [1.807, 2.05) is 13.8 Å². The highest BCUT2D eigenvalue weighted by molar-refractivity contribution is 5.95. The Morgan fingerprint density at radius 2 is 1.27 bits per heavy atom. The van der Waals surface area contributed by atoms with Crippen molar-refractivity contribution in [2.75, 3.05) is 0 Å². The first kappa shape index (κ1) is 30.2. The average Bonchev–Trinajstić information content (AvgIpc) is 2.66. The molecule has 0 radical (unpaired) electrons. The fraction of sp³-hybridized carbons (Fsp3) is 0.750. The van der Waals surface area contributed by atoms with Crippen molar-refractivity contribution in [3.63, 3.8) is 0 Å². The van der Waals surface area contributed by atoms with E-state index in [9.17, 15) is 34.2 Å². The number of amides is 3. The molecule has 0 bridgehead atoms. The van der Waals surface area contributed by atoms with Gasteiger partial charge in [-0.3, -0.25) is 19.2 Å². The summed E-state index contributed by atoms with van der Waals surface area (Å²) < 4.78 is 0. The molecule has 3 amide bonds. The molecule has 0 aliphatic heterocycles. The van der Waals surface area contributed by atoms with E-state index >= 15 is 0 Å². The Hall–Kier alpha value is -2.77. The zero-order valence-corrected chi connectivity index (χ0v) is 19.4. The fourth-order valence-electron chi connectivity index (χ4n) is 2.93. The number of rotatable bonds is 14. The molecule has 9 N–H and O–H groups in total. The number of nitrogens with two attached hydrogens (primary N) is 1. The predicted molar refractivity (Wildman–Crippen MR) is 116 cm³/mol. The van der Waals surface area contributed by atoms with Crippen LogP contribution in [0.25, 0.3) is 0 Å². The van der Waals surface area contributed by atoms with Crippen molar-refractivity contribution >= 4 is 29.7 Å². The van der Waals surface area contributed by atoms with E-state index in [1.54, 1.807) is 13.8 Å². The van der Waals surface area contributed by atoms with Crippen molar-refractivity contribution < 1.29 is 44.4 Å². The van der Waals surface area contributed by atoms with Gasteiger partial charge in [0.25, 0.3) is 5.91 Å². The van der Waals surface area contributed by atoms with Crippen LogP contribution in [0.4, 0.5) is 0 Å². The van der Waals surface area contributed by atoms with Crippen molar-refractivity contribution in [2.45, 2.75) is 83.8 Å². The molecule has 4 unspecified atom stereocenters. The van der Waals surface area contributed by atoms with E-state index in [1.165, 1.54) is 6.92 Å². The second kappa shape index (κ2) is 13.7. The maximum atomic E-state index is 12.7. The standard InChI is InChI=1S/C20H36N4O9/c1-8(2)6-11(21)16(28)19(31)24-15(10(5)25)18(30)23-14(9(3)4)17(29)22-12(20(32)33)7-13(26)27/h8-12,14-16,25,28H,6-7,21H2,1-5H3,(H,22,29)(H,23,30)(H,24,31)(H,26,27)(H,32,33)/t10-,11?,12?,14?,15+,16?/m1/s1. The van der Waals surface area contributed by atoms with Crippen molar-refractivity contribution in [2.24, 2.45) is 17.6 Å². The summed E-state index contributed by atoms with van der Waals surface area (Å²) >= 11 is 0. The summed E-state index contributed by atoms with van der Waals surface area (Å²) in [6, 6.07) is -5.49. The molecule has 0 aromatic rings. The molecular weight excluding hydrogens is 440 g/mol. The summed E-state index contributed by atoms with van der Waals surface area (Å²) in [4.78, 5) is 59.6. The van der Waals surface area contributed by atoms with Gasteiger partial charge in [0, 0.05) is 6.04 Å². The van der Waals surface area contributed by atoms with Gasteiger partial charge in [-0.25, -0.2) is 4.79 Å². The van der Waals surface area contributed by atoms with Crippen LogP contribution in [0.3, 0.4) is 0 Å². The Balaban J connectivity index is 5.41. The lowest BCUT2D eigenvalue weighted by atomic mass is 9.99. The minimum atomic E-state index is -1.72. The van der Waals surface area contributed by atoms with Crippen molar-refractivity contribution in [1.29, 1.82) is 0 Å². The molecule has 0 fully saturated rings. The smallest absolute Gasteiger partial charge is 0.326 e. The van der Waals surface area contributed by atoms with Gasteiger partial charge in [-0.05, 0) is 25.2 Å². The van der Waals surface area contributed by atoms with Gasteiger partial charge in [0.2, 0.25) is 11.8 Å². The number of aliphatic hydroxyl groups is 2. The molecule has 0 rings (SSSR count). The fourth-order valence-corrected chi connectivity index (χ4v) is 2.93. The molecular formula is C20H36N4O9. The Labute approximate surface area is 192 Å². The Morgan fingerprint density at radius 1 is 0.788 bits per heavy atom. The summed E-state index contributed by atoms with van der Waals surface area (Å²) in [5.74, 6) is -6.40. The van der Waals surface area contributed by atoms with Crippen LogP contribution in [0, 0.1) is 11.8 Å². The van der Waals surface area contributed by atoms with E-state index in [-0.39, 0.29) is 5.92 Å². The molecule has 0 spiro atoms. The van der Waals surface area contributed by atoms with Crippen LogP contribution < -0.4 is 21.7 Å². The predicted octanol–water partition coefficient (Wildman–Crippen LogP) is -2.23. The highest BCUT2D eigenvalue weighted by Crippen LogP contribution is 2.08. The van der Waals surface area contributed by atoms with Crippen molar-refractivity contribution in [1.82, 2.24) is 16.0 Å². The quantitative estimate of drug-likeness (QED) is 0.134. The number of carbonyl (C=O) groups is 5. The highest BCUT2D eigenvalue weighted by Gasteiger charge is 2.35. The summed E-state index contributed by atoms with van der Waals surface area (Å²) in [5, 5.41) is 44.6. The van der Waals surface area contributed by atoms with Gasteiger partial charge >= 0.3 is 11.9 Å². The maximum absolute atomic E-state index is 12.7. The molecule has 0 saturated heterocycles. The molecule has 0 heterocycles. The highest BCUT2D eigenvalue weighted by atomic mass is 16.4. The van der Waals surface area contributed by atoms with Crippen molar-refractivity contribution in [3.8, 4) is 0 Å². The summed E-state index contributed by atoms with van der Waals surface area (Å²) in [6.45, 7) is 7.99. The Kier molecular flexibility index (Phi) is 12.6. The van der Waals surface area contributed by atoms with Crippen molar-refractivity contribution in [3.05, 3.63) is 0 Å². The van der Waals surface area contributed by atoms with Crippen LogP contribution in [0.1, 0.15) is 47.5 Å². The van der Waals surface area contributed by atoms with E-state index in [0.29, 0.717) is 6.42 Å². The van der Waals surface area contributed by atoms with Crippen LogP contribution >= 0.6 is 0 Å². The third-order valence-electron chi connectivity index (χ3n) is 4.72. The topological polar surface area (TPSA) is 228 Å². The lowest BCUT2D eigenvalue weighted by molar-refractivity contribution is -0.147. The van der Waals surface area contributed by atoms with Crippen LogP contribution in [0.2, 0.25) is 0 Å². The maximum Gasteiger partial charge on any atom is 0.326 e. The monoisotopic (exact) mass is 476 g/mol.